The summed E-state index contributed by atoms with van der Waals surface area (Å²) in [5.74, 6) is 0.341. The summed E-state index contributed by atoms with van der Waals surface area (Å²) >= 11 is 0. The predicted octanol–water partition coefficient (Wildman–Crippen LogP) is 1.76. The molecule has 108 valence electrons. The molecule has 1 spiro atoms. The van der Waals surface area contributed by atoms with Gasteiger partial charge >= 0.3 is 0 Å². The van der Waals surface area contributed by atoms with Crippen LogP contribution in [0.4, 0.5) is 5.69 Å². The monoisotopic (exact) mass is 273 g/mol. The van der Waals surface area contributed by atoms with Crippen molar-refractivity contribution in [2.24, 2.45) is 5.41 Å². The molecule has 2 aliphatic heterocycles. The summed E-state index contributed by atoms with van der Waals surface area (Å²) in [7, 11) is 0. The van der Waals surface area contributed by atoms with Gasteiger partial charge in [-0.15, -0.1) is 0 Å². The van der Waals surface area contributed by atoms with Gasteiger partial charge in [0.1, 0.15) is 0 Å². The van der Waals surface area contributed by atoms with E-state index in [2.05, 4.69) is 5.32 Å². The number of benzene rings is 1. The summed E-state index contributed by atoms with van der Waals surface area (Å²) in [4.78, 5) is 14.9. The lowest BCUT2D eigenvalue weighted by Gasteiger charge is -2.44. The first kappa shape index (κ1) is 13.4. The summed E-state index contributed by atoms with van der Waals surface area (Å²) in [5.41, 5.74) is 7.75. The number of anilines is 1. The molecule has 20 heavy (non-hydrogen) atoms. The highest BCUT2D eigenvalue weighted by atomic mass is 16.2. The standard InChI is InChI=1S/C16H23N3O/c17-14-5-2-1-4-13(14)12-19-11-3-6-16(15(19)20)7-9-18-10-8-16/h1-2,4-5,18H,3,6-12,17H2. The average Bonchev–Trinajstić information content (AvgIpc) is 2.47. The second-order valence-corrected chi connectivity index (χ2v) is 6.06. The summed E-state index contributed by atoms with van der Waals surface area (Å²) in [6, 6.07) is 7.85. The van der Waals surface area contributed by atoms with Crippen LogP contribution in [0.25, 0.3) is 0 Å². The summed E-state index contributed by atoms with van der Waals surface area (Å²) in [6.07, 6.45) is 4.12. The quantitative estimate of drug-likeness (QED) is 0.807. The molecule has 3 N–H and O–H groups in total. The molecule has 1 aromatic rings. The molecule has 0 bridgehead atoms. The van der Waals surface area contributed by atoms with Crippen molar-refractivity contribution in [2.45, 2.75) is 32.2 Å². The number of rotatable bonds is 2. The summed E-state index contributed by atoms with van der Waals surface area (Å²) in [5, 5.41) is 3.36. The van der Waals surface area contributed by atoms with Gasteiger partial charge in [-0.25, -0.2) is 0 Å². The Hall–Kier alpha value is -1.55. The maximum absolute atomic E-state index is 12.9. The molecule has 0 atom stereocenters. The molecule has 0 aromatic heterocycles. The van der Waals surface area contributed by atoms with Gasteiger partial charge in [-0.3, -0.25) is 4.79 Å². The summed E-state index contributed by atoms with van der Waals surface area (Å²) < 4.78 is 0. The molecule has 2 fully saturated rings. The van der Waals surface area contributed by atoms with E-state index in [4.69, 9.17) is 5.73 Å². The number of amides is 1. The number of carbonyl (C=O) groups excluding carboxylic acids is 1. The zero-order valence-corrected chi connectivity index (χ0v) is 11.9. The first-order valence-electron chi connectivity index (χ1n) is 7.55. The van der Waals surface area contributed by atoms with Crippen molar-refractivity contribution in [3.05, 3.63) is 29.8 Å². The Balaban J connectivity index is 1.77. The van der Waals surface area contributed by atoms with Gasteiger partial charge in [0.25, 0.3) is 0 Å². The minimum absolute atomic E-state index is 0.104. The molecular weight excluding hydrogens is 250 g/mol. The molecule has 0 unspecified atom stereocenters. The van der Waals surface area contributed by atoms with Crippen LogP contribution in [0.2, 0.25) is 0 Å². The number of hydrogen-bond donors (Lipinski definition) is 2. The lowest BCUT2D eigenvalue weighted by atomic mass is 9.72. The molecule has 1 amide bonds. The van der Waals surface area contributed by atoms with Crippen LogP contribution >= 0.6 is 0 Å². The number of para-hydroxylation sites is 1. The molecule has 0 radical (unpaired) electrons. The van der Waals surface area contributed by atoms with E-state index >= 15 is 0 Å². The highest BCUT2D eigenvalue weighted by molar-refractivity contribution is 5.83. The first-order valence-corrected chi connectivity index (χ1v) is 7.55. The summed E-state index contributed by atoms with van der Waals surface area (Å²) in [6.45, 7) is 3.45. The van der Waals surface area contributed by atoms with Crippen molar-refractivity contribution in [1.82, 2.24) is 10.2 Å². The van der Waals surface area contributed by atoms with Gasteiger partial charge in [-0.05, 0) is 50.4 Å². The van der Waals surface area contributed by atoms with E-state index < -0.39 is 0 Å². The van der Waals surface area contributed by atoms with Gasteiger partial charge in [-0.1, -0.05) is 18.2 Å². The van der Waals surface area contributed by atoms with Crippen molar-refractivity contribution >= 4 is 11.6 Å². The third-order valence-corrected chi connectivity index (χ3v) is 4.80. The van der Waals surface area contributed by atoms with Crippen LogP contribution in [0.5, 0.6) is 0 Å². The number of likely N-dealkylation sites (tertiary alicyclic amines) is 1. The number of nitrogens with one attached hydrogen (secondary N) is 1. The molecule has 2 saturated heterocycles. The molecule has 0 saturated carbocycles. The van der Waals surface area contributed by atoms with Crippen molar-refractivity contribution in [3.63, 3.8) is 0 Å². The van der Waals surface area contributed by atoms with E-state index in [-0.39, 0.29) is 5.41 Å². The molecule has 0 aliphatic carbocycles. The average molecular weight is 273 g/mol. The van der Waals surface area contributed by atoms with Crippen molar-refractivity contribution in [2.75, 3.05) is 25.4 Å². The predicted molar refractivity (Wildman–Crippen MR) is 80.0 cm³/mol. The first-order chi connectivity index (χ1) is 9.71. The molecule has 2 aliphatic rings. The molecule has 1 aromatic carbocycles. The lowest BCUT2D eigenvalue weighted by Crippen LogP contribution is -2.52. The minimum atomic E-state index is -0.104. The van der Waals surface area contributed by atoms with E-state index in [1.165, 1.54) is 0 Å². The maximum Gasteiger partial charge on any atom is 0.229 e. The number of nitrogen functional groups attached to an aromatic ring is 1. The van der Waals surface area contributed by atoms with Crippen LogP contribution in [0.15, 0.2) is 24.3 Å². The number of nitrogens with zero attached hydrogens (tertiary/aromatic N) is 1. The number of piperidine rings is 2. The number of carbonyl (C=O) groups is 1. The highest BCUT2D eigenvalue weighted by Crippen LogP contribution is 2.39. The molecule has 2 heterocycles. The van der Waals surface area contributed by atoms with E-state index in [9.17, 15) is 4.79 Å². The highest BCUT2D eigenvalue weighted by Gasteiger charge is 2.44. The third-order valence-electron chi connectivity index (χ3n) is 4.80. The Morgan fingerprint density at radius 3 is 2.70 bits per heavy atom. The van der Waals surface area contributed by atoms with Crippen LogP contribution in [-0.4, -0.2) is 30.4 Å². The van der Waals surface area contributed by atoms with Crippen LogP contribution in [0.3, 0.4) is 0 Å². The molecule has 4 nitrogen and oxygen atoms in total. The lowest BCUT2D eigenvalue weighted by molar-refractivity contribution is -0.149. The van der Waals surface area contributed by atoms with E-state index in [0.29, 0.717) is 12.5 Å². The van der Waals surface area contributed by atoms with Gasteiger partial charge in [0.05, 0.1) is 5.41 Å². The smallest absolute Gasteiger partial charge is 0.229 e. The molecule has 3 rings (SSSR count). The SMILES string of the molecule is Nc1ccccc1CN1CCCC2(CCNCC2)C1=O. The van der Waals surface area contributed by atoms with Crippen LogP contribution in [-0.2, 0) is 11.3 Å². The largest absolute Gasteiger partial charge is 0.398 e. The van der Waals surface area contributed by atoms with Crippen molar-refractivity contribution in [1.29, 1.82) is 0 Å². The van der Waals surface area contributed by atoms with Gasteiger partial charge < -0.3 is 16.0 Å². The maximum atomic E-state index is 12.9. The Kier molecular flexibility index (Phi) is 3.66. The van der Waals surface area contributed by atoms with E-state index in [1.807, 2.05) is 29.2 Å². The Labute approximate surface area is 120 Å². The molecular formula is C16H23N3O. The van der Waals surface area contributed by atoms with Gasteiger partial charge in [-0.2, -0.15) is 0 Å². The fourth-order valence-corrected chi connectivity index (χ4v) is 3.56. The van der Waals surface area contributed by atoms with Crippen molar-refractivity contribution < 1.29 is 4.79 Å². The van der Waals surface area contributed by atoms with Crippen LogP contribution < -0.4 is 11.1 Å². The normalized spacial score (nSPS) is 22.2. The van der Waals surface area contributed by atoms with Crippen LogP contribution in [0.1, 0.15) is 31.2 Å². The van der Waals surface area contributed by atoms with E-state index in [1.54, 1.807) is 0 Å². The zero-order valence-electron chi connectivity index (χ0n) is 11.9. The minimum Gasteiger partial charge on any atom is -0.398 e. The molecule has 4 heteroatoms. The second-order valence-electron chi connectivity index (χ2n) is 6.06. The van der Waals surface area contributed by atoms with E-state index in [0.717, 1.165) is 56.6 Å². The topological polar surface area (TPSA) is 58.4 Å². The van der Waals surface area contributed by atoms with Crippen molar-refractivity contribution in [3.8, 4) is 0 Å². The second kappa shape index (κ2) is 5.44. The van der Waals surface area contributed by atoms with Gasteiger partial charge in [0.15, 0.2) is 0 Å². The van der Waals surface area contributed by atoms with Crippen LogP contribution in [0, 0.1) is 5.41 Å². The Morgan fingerprint density at radius 2 is 1.95 bits per heavy atom. The van der Waals surface area contributed by atoms with Gasteiger partial charge in [0.2, 0.25) is 5.91 Å². The number of nitrogens with two attached hydrogens (primary N) is 1. The Morgan fingerprint density at radius 1 is 1.20 bits per heavy atom. The fraction of sp³-hybridized carbons (Fsp3) is 0.562. The zero-order chi connectivity index (χ0) is 14.0. The number of hydrogen-bond acceptors (Lipinski definition) is 3. The fourth-order valence-electron chi connectivity index (χ4n) is 3.56. The third kappa shape index (κ3) is 2.40. The van der Waals surface area contributed by atoms with Gasteiger partial charge in [0, 0.05) is 18.8 Å². The Bertz CT molecular complexity index is 489.